The van der Waals surface area contributed by atoms with Gasteiger partial charge in [-0.2, -0.15) is 0 Å². The molecule has 0 aromatic heterocycles. The van der Waals surface area contributed by atoms with Crippen LogP contribution in [0.15, 0.2) is 48.5 Å². The van der Waals surface area contributed by atoms with E-state index in [2.05, 4.69) is 0 Å². The van der Waals surface area contributed by atoms with E-state index in [0.717, 1.165) is 37.1 Å². The number of hydrogen-bond donors (Lipinski definition) is 0. The van der Waals surface area contributed by atoms with Crippen molar-refractivity contribution in [2.24, 2.45) is 0 Å². The first-order chi connectivity index (χ1) is 15.9. The summed E-state index contributed by atoms with van der Waals surface area (Å²) in [5, 5.41) is 6.24. The minimum atomic E-state index is -0.542. The minimum Gasteiger partial charge on any atom is -0.332 e. The normalized spacial score (nSPS) is 15.7. The third-order valence-electron chi connectivity index (χ3n) is 6.96. The Morgan fingerprint density at radius 2 is 0.879 bits per heavy atom. The van der Waals surface area contributed by atoms with E-state index in [0.29, 0.717) is 37.8 Å². The fourth-order valence-corrected chi connectivity index (χ4v) is 5.54. The molecule has 0 N–H and O–H groups in total. The summed E-state index contributed by atoms with van der Waals surface area (Å²) in [5.41, 5.74) is 1.70. The van der Waals surface area contributed by atoms with Gasteiger partial charge in [0.2, 0.25) is 31.6 Å². The molecule has 3 radical (unpaired) electrons. The van der Waals surface area contributed by atoms with Gasteiger partial charge in [0, 0.05) is 33.0 Å². The maximum Gasteiger partial charge on any atom is 0.257 e. The fourth-order valence-electron chi connectivity index (χ4n) is 5.54. The van der Waals surface area contributed by atoms with Crippen LogP contribution in [0.1, 0.15) is 41.4 Å². The van der Waals surface area contributed by atoms with E-state index in [1.165, 1.54) is 7.41 Å². The van der Waals surface area contributed by atoms with Gasteiger partial charge in [-0.15, -0.1) is 0 Å². The Morgan fingerprint density at radius 1 is 0.545 bits per heavy atom. The van der Waals surface area contributed by atoms with Crippen LogP contribution >= 0.6 is 0 Å². The lowest BCUT2D eigenvalue weighted by molar-refractivity contribution is 0.0708. The van der Waals surface area contributed by atoms with Crippen molar-refractivity contribution in [3.63, 3.8) is 0 Å². The molecule has 8 heteroatoms. The molecule has 0 saturated heterocycles. The second-order valence-electron chi connectivity index (χ2n) is 8.36. The SMILES string of the molecule is [B]N1C(=O)c2ccc3c4ccc5c6c(ccc(c7ccc(c2c37)C1=O)c64)C(=O)N([B]C)C5=O. The summed E-state index contributed by atoms with van der Waals surface area (Å²) in [6.07, 6.45) is 0. The molecule has 2 heterocycles. The third-order valence-corrected chi connectivity index (χ3v) is 6.96. The van der Waals surface area contributed by atoms with Crippen LogP contribution in [0.4, 0.5) is 0 Å². The summed E-state index contributed by atoms with van der Waals surface area (Å²) in [7, 11) is 7.23. The summed E-state index contributed by atoms with van der Waals surface area (Å²) in [4.78, 5) is 53.3. The average Bonchev–Trinajstić information content (AvgIpc) is 2.83. The second kappa shape index (κ2) is 5.78. The molecule has 0 atom stereocenters. The number of rotatable bonds is 1. The van der Waals surface area contributed by atoms with Gasteiger partial charge in [0.15, 0.2) is 0 Å². The smallest absolute Gasteiger partial charge is 0.257 e. The van der Waals surface area contributed by atoms with Crippen molar-refractivity contribution < 1.29 is 19.2 Å². The van der Waals surface area contributed by atoms with Gasteiger partial charge in [0.1, 0.15) is 0 Å². The lowest BCUT2D eigenvalue weighted by atomic mass is 9.80. The lowest BCUT2D eigenvalue weighted by Crippen LogP contribution is -2.41. The van der Waals surface area contributed by atoms with Crippen molar-refractivity contribution in [3.05, 3.63) is 70.8 Å². The molecule has 2 aliphatic heterocycles. The van der Waals surface area contributed by atoms with Gasteiger partial charge in [-0.25, -0.2) is 0 Å². The zero-order valence-corrected chi connectivity index (χ0v) is 17.3. The Bertz CT molecular complexity index is 1690. The van der Waals surface area contributed by atoms with E-state index < -0.39 is 11.8 Å². The molecule has 2 aliphatic rings. The molecular formula is C25H11B2N2O4. The Morgan fingerprint density at radius 3 is 1.21 bits per heavy atom. The topological polar surface area (TPSA) is 74.8 Å². The molecule has 0 fully saturated rings. The van der Waals surface area contributed by atoms with Gasteiger partial charge in [0.05, 0.1) is 0 Å². The van der Waals surface area contributed by atoms with Crippen LogP contribution in [-0.4, -0.2) is 48.6 Å². The largest absolute Gasteiger partial charge is 0.332 e. The van der Waals surface area contributed by atoms with E-state index in [1.807, 2.05) is 24.3 Å². The van der Waals surface area contributed by atoms with Crippen molar-refractivity contribution in [1.82, 2.24) is 9.62 Å². The predicted molar refractivity (Wildman–Crippen MR) is 126 cm³/mol. The van der Waals surface area contributed by atoms with Crippen molar-refractivity contribution in [1.29, 1.82) is 0 Å². The minimum absolute atomic E-state index is 0.353. The quantitative estimate of drug-likeness (QED) is 0.178. The maximum atomic E-state index is 13.0. The molecule has 0 saturated carbocycles. The standard InChI is InChI=1S/C25H11B2N2O4/c1-27-29-24(32)16-8-4-12-10-2-6-14-20-15(23(31)28(26)22(14)30)7-3-11(18(10)20)13-5-9-17(25(29)33)21(16)19(12)13/h2-9H,1H3. The lowest BCUT2D eigenvalue weighted by Gasteiger charge is -2.29. The van der Waals surface area contributed by atoms with Crippen LogP contribution in [0.3, 0.4) is 0 Å². The number of hydrogen-bond acceptors (Lipinski definition) is 4. The van der Waals surface area contributed by atoms with Gasteiger partial charge in [-0.1, -0.05) is 31.1 Å². The van der Waals surface area contributed by atoms with E-state index in [-0.39, 0.29) is 11.8 Å². The first kappa shape index (κ1) is 18.4. The van der Waals surface area contributed by atoms with Crippen molar-refractivity contribution in [2.75, 3.05) is 0 Å². The van der Waals surface area contributed by atoms with Crippen molar-refractivity contribution >= 4 is 82.1 Å². The number of fused-ring (bicyclic) bond motifs is 2. The Labute approximate surface area is 188 Å². The molecule has 5 aromatic carbocycles. The number of carbonyl (C=O) groups is 4. The van der Waals surface area contributed by atoms with Gasteiger partial charge >= 0.3 is 0 Å². The average molecular weight is 425 g/mol. The molecule has 33 heavy (non-hydrogen) atoms. The van der Waals surface area contributed by atoms with Crippen LogP contribution in [-0.2, 0) is 0 Å². The molecule has 7 rings (SSSR count). The van der Waals surface area contributed by atoms with Gasteiger partial charge in [-0.3, -0.25) is 19.2 Å². The maximum absolute atomic E-state index is 13.0. The summed E-state index contributed by atoms with van der Waals surface area (Å²) >= 11 is 0. The first-order valence-corrected chi connectivity index (χ1v) is 10.4. The summed E-state index contributed by atoms with van der Waals surface area (Å²) in [6, 6.07) is 14.3. The number of imide groups is 2. The molecule has 0 aliphatic carbocycles. The summed E-state index contributed by atoms with van der Waals surface area (Å²) in [5.74, 6) is -1.79. The highest BCUT2D eigenvalue weighted by molar-refractivity contribution is 6.49. The monoisotopic (exact) mass is 425 g/mol. The number of nitrogens with zero attached hydrogens (tertiary/aromatic N) is 2. The van der Waals surface area contributed by atoms with Crippen LogP contribution in [0.5, 0.6) is 0 Å². The molecule has 0 unspecified atom stereocenters. The van der Waals surface area contributed by atoms with Crippen molar-refractivity contribution in [3.8, 4) is 0 Å². The molecule has 0 spiro atoms. The molecule has 5 aromatic rings. The van der Waals surface area contributed by atoms with E-state index in [9.17, 15) is 19.2 Å². The highest BCUT2D eigenvalue weighted by Crippen LogP contribution is 2.45. The van der Waals surface area contributed by atoms with Gasteiger partial charge in [0.25, 0.3) is 7.41 Å². The van der Waals surface area contributed by atoms with Crippen LogP contribution in [0, 0.1) is 0 Å². The van der Waals surface area contributed by atoms with E-state index >= 15 is 0 Å². The van der Waals surface area contributed by atoms with E-state index in [1.54, 1.807) is 31.1 Å². The van der Waals surface area contributed by atoms with Crippen LogP contribution < -0.4 is 0 Å². The highest BCUT2D eigenvalue weighted by atomic mass is 16.2. The molecule has 6 nitrogen and oxygen atoms in total. The Hall–Kier alpha value is -4.19. The van der Waals surface area contributed by atoms with Crippen LogP contribution in [0.2, 0.25) is 6.82 Å². The van der Waals surface area contributed by atoms with Crippen LogP contribution in [0.25, 0.3) is 43.1 Å². The molecular weight excluding hydrogens is 414 g/mol. The van der Waals surface area contributed by atoms with Gasteiger partial charge < -0.3 is 9.62 Å². The number of carbonyl (C=O) groups excluding carboxylic acids is 4. The molecule has 0 bridgehead atoms. The third kappa shape index (κ3) is 1.94. The molecule has 151 valence electrons. The highest BCUT2D eigenvalue weighted by Gasteiger charge is 2.35. The number of benzene rings is 5. The predicted octanol–water partition coefficient (Wildman–Crippen LogP) is 3.68. The summed E-state index contributed by atoms with van der Waals surface area (Å²) < 4.78 is 0. The molecule has 4 amide bonds. The second-order valence-corrected chi connectivity index (χ2v) is 8.36. The van der Waals surface area contributed by atoms with Gasteiger partial charge in [-0.05, 0) is 56.6 Å². The fraction of sp³-hybridized carbons (Fsp3) is 0.0400. The zero-order chi connectivity index (χ0) is 22.8. The van der Waals surface area contributed by atoms with Crippen molar-refractivity contribution in [2.45, 2.75) is 6.82 Å². The Balaban J connectivity index is 1.74. The first-order valence-electron chi connectivity index (χ1n) is 10.4. The zero-order valence-electron chi connectivity index (χ0n) is 17.3. The number of amides is 4. The van der Waals surface area contributed by atoms with E-state index in [4.69, 9.17) is 7.98 Å². The Kier molecular flexibility index (Phi) is 3.22. The summed E-state index contributed by atoms with van der Waals surface area (Å²) in [6.45, 7) is 1.66.